The molecule has 0 bridgehead atoms. The van der Waals surface area contributed by atoms with E-state index in [4.69, 9.17) is 9.47 Å². The largest absolute Gasteiger partial charge is 0.481 e. The van der Waals surface area contributed by atoms with E-state index in [9.17, 15) is 23.9 Å². The number of benzene rings is 2. The highest BCUT2D eigenvalue weighted by molar-refractivity contribution is 5.74. The quantitative estimate of drug-likeness (QED) is 0.460. The molecule has 166 valence electrons. The Hall–Kier alpha value is -3.42. The van der Waals surface area contributed by atoms with Crippen molar-refractivity contribution < 1.29 is 33.4 Å². The fourth-order valence-electron chi connectivity index (χ4n) is 2.94. The maximum absolute atomic E-state index is 13.2. The summed E-state index contributed by atoms with van der Waals surface area (Å²) in [5, 5.41) is 12.1. The lowest BCUT2D eigenvalue weighted by atomic mass is 9.92. The summed E-state index contributed by atoms with van der Waals surface area (Å²) < 4.78 is 23.3. The maximum Gasteiger partial charge on any atom is 0.410 e. The molecule has 0 aliphatic carbocycles. The van der Waals surface area contributed by atoms with Crippen LogP contribution in [0.3, 0.4) is 0 Å². The molecular weight excluding hydrogens is 405 g/mol. The molecule has 1 amide bonds. The second-order valence-electron chi connectivity index (χ2n) is 7.41. The van der Waals surface area contributed by atoms with E-state index in [1.807, 2.05) is 12.1 Å². The van der Waals surface area contributed by atoms with Crippen LogP contribution in [-0.2, 0) is 25.5 Å². The second-order valence-corrected chi connectivity index (χ2v) is 7.41. The van der Waals surface area contributed by atoms with Gasteiger partial charge in [0.25, 0.3) is 6.29 Å². The minimum Gasteiger partial charge on any atom is -0.481 e. The molecule has 31 heavy (non-hydrogen) atoms. The van der Waals surface area contributed by atoms with Crippen LogP contribution in [0.5, 0.6) is 0 Å². The number of hydrogen-bond acceptors (Lipinski definition) is 5. The molecule has 2 aromatic carbocycles. The fourth-order valence-corrected chi connectivity index (χ4v) is 2.94. The van der Waals surface area contributed by atoms with Crippen molar-refractivity contribution >= 4 is 18.0 Å². The molecule has 0 heterocycles. The van der Waals surface area contributed by atoms with Gasteiger partial charge in [-0.05, 0) is 35.2 Å². The molecule has 2 N–H and O–H groups in total. The molecule has 7 nitrogen and oxygen atoms in total. The highest BCUT2D eigenvalue weighted by Gasteiger charge is 2.24. The summed E-state index contributed by atoms with van der Waals surface area (Å²) in [5.41, 5.74) is 2.29. The number of alkyl carbamates (subject to hydrolysis) is 1. The Labute approximate surface area is 180 Å². The number of carboxylic acid groups (broad SMARTS) is 1. The third-order valence-electron chi connectivity index (χ3n) is 4.53. The first-order valence-electron chi connectivity index (χ1n) is 9.85. The molecule has 0 unspecified atom stereocenters. The summed E-state index contributed by atoms with van der Waals surface area (Å²) in [5.74, 6) is -3.24. The van der Waals surface area contributed by atoms with E-state index in [2.05, 4.69) is 5.32 Å². The van der Waals surface area contributed by atoms with E-state index in [0.29, 0.717) is 0 Å². The van der Waals surface area contributed by atoms with Crippen LogP contribution in [0.25, 0.3) is 11.1 Å². The van der Waals surface area contributed by atoms with Gasteiger partial charge in [-0.3, -0.25) is 9.59 Å². The Morgan fingerprint density at radius 3 is 2.26 bits per heavy atom. The zero-order valence-corrected chi connectivity index (χ0v) is 17.6. The SMILES string of the molecule is CC(=O)O[C@@H](OC(=O)NC[C@H](Cc1ccccc1-c1ccc(F)cc1)C(=O)O)C(C)C. The average molecular weight is 431 g/mol. The Balaban J connectivity index is 2.07. The molecule has 0 aliphatic rings. The summed E-state index contributed by atoms with van der Waals surface area (Å²) in [6.45, 7) is 4.45. The normalized spacial score (nSPS) is 12.7. The summed E-state index contributed by atoms with van der Waals surface area (Å²) in [6.07, 6.45) is -1.81. The highest BCUT2D eigenvalue weighted by Crippen LogP contribution is 2.26. The number of carboxylic acids is 1. The number of aliphatic carboxylic acids is 1. The summed E-state index contributed by atoms with van der Waals surface area (Å²) in [7, 11) is 0. The number of esters is 1. The van der Waals surface area contributed by atoms with Crippen LogP contribution in [0.15, 0.2) is 48.5 Å². The van der Waals surface area contributed by atoms with Gasteiger partial charge in [0.1, 0.15) is 5.82 Å². The standard InChI is InChI=1S/C23H26FNO6/c1-14(2)22(30-15(3)26)31-23(29)25-13-18(21(27)28)12-17-6-4-5-7-20(17)16-8-10-19(24)11-9-16/h4-11,14,18,22H,12-13H2,1-3H3,(H,25,29)(H,27,28)/t18-,22-/m0/s1. The Morgan fingerprint density at radius 2 is 1.68 bits per heavy atom. The molecule has 8 heteroatoms. The molecule has 0 saturated heterocycles. The molecule has 2 rings (SSSR count). The molecule has 2 aromatic rings. The lowest BCUT2D eigenvalue weighted by molar-refractivity contribution is -0.172. The van der Waals surface area contributed by atoms with Crippen molar-refractivity contribution in [2.75, 3.05) is 6.54 Å². The zero-order chi connectivity index (χ0) is 23.0. The summed E-state index contributed by atoms with van der Waals surface area (Å²) in [6, 6.07) is 13.2. The van der Waals surface area contributed by atoms with Gasteiger partial charge in [-0.2, -0.15) is 0 Å². The predicted molar refractivity (Wildman–Crippen MR) is 112 cm³/mol. The minimum atomic E-state index is -1.09. The number of carbonyl (C=O) groups is 3. The molecular formula is C23H26FNO6. The van der Waals surface area contributed by atoms with Crippen LogP contribution in [0.1, 0.15) is 26.3 Å². The Morgan fingerprint density at radius 1 is 1.03 bits per heavy atom. The van der Waals surface area contributed by atoms with Crippen LogP contribution in [0.2, 0.25) is 0 Å². The van der Waals surface area contributed by atoms with Gasteiger partial charge in [0, 0.05) is 19.4 Å². The predicted octanol–water partition coefficient (Wildman–Crippen LogP) is 4.01. The minimum absolute atomic E-state index is 0.140. The molecule has 0 saturated carbocycles. The number of rotatable bonds is 9. The van der Waals surface area contributed by atoms with Crippen molar-refractivity contribution in [2.24, 2.45) is 11.8 Å². The van der Waals surface area contributed by atoms with E-state index in [1.54, 1.807) is 38.1 Å². The highest BCUT2D eigenvalue weighted by atomic mass is 19.1. The van der Waals surface area contributed by atoms with Crippen molar-refractivity contribution in [3.8, 4) is 11.1 Å². The Kier molecular flexibility index (Phi) is 8.54. The van der Waals surface area contributed by atoms with Gasteiger partial charge in [-0.1, -0.05) is 50.2 Å². The monoisotopic (exact) mass is 431 g/mol. The van der Waals surface area contributed by atoms with E-state index < -0.39 is 30.2 Å². The van der Waals surface area contributed by atoms with Crippen molar-refractivity contribution in [3.05, 3.63) is 59.9 Å². The number of halogens is 1. The van der Waals surface area contributed by atoms with E-state index in [1.165, 1.54) is 19.1 Å². The third-order valence-corrected chi connectivity index (χ3v) is 4.53. The number of amides is 1. The molecule has 0 aliphatic heterocycles. The zero-order valence-electron chi connectivity index (χ0n) is 17.6. The molecule has 0 fully saturated rings. The lowest BCUT2D eigenvalue weighted by Crippen LogP contribution is -2.38. The van der Waals surface area contributed by atoms with Crippen LogP contribution in [0, 0.1) is 17.7 Å². The summed E-state index contributed by atoms with van der Waals surface area (Å²) in [4.78, 5) is 35.0. The molecule has 0 aromatic heterocycles. The first kappa shape index (κ1) is 23.9. The second kappa shape index (κ2) is 11.1. The number of ether oxygens (including phenoxy) is 2. The van der Waals surface area contributed by atoms with Crippen molar-refractivity contribution in [2.45, 2.75) is 33.5 Å². The van der Waals surface area contributed by atoms with Gasteiger partial charge in [-0.15, -0.1) is 0 Å². The van der Waals surface area contributed by atoms with Gasteiger partial charge >= 0.3 is 18.0 Å². The Bertz CT molecular complexity index is 913. The van der Waals surface area contributed by atoms with Gasteiger partial charge < -0.3 is 19.9 Å². The summed E-state index contributed by atoms with van der Waals surface area (Å²) >= 11 is 0. The van der Waals surface area contributed by atoms with Gasteiger partial charge in [-0.25, -0.2) is 9.18 Å². The van der Waals surface area contributed by atoms with Crippen LogP contribution >= 0.6 is 0 Å². The maximum atomic E-state index is 13.2. The van der Waals surface area contributed by atoms with Crippen LogP contribution < -0.4 is 5.32 Å². The molecule has 2 atom stereocenters. The molecule has 0 radical (unpaired) electrons. The van der Waals surface area contributed by atoms with E-state index in [-0.39, 0.29) is 24.7 Å². The average Bonchev–Trinajstić information content (AvgIpc) is 2.71. The first-order chi connectivity index (χ1) is 14.7. The van der Waals surface area contributed by atoms with Gasteiger partial charge in [0.2, 0.25) is 0 Å². The third kappa shape index (κ3) is 7.40. The number of carbonyl (C=O) groups excluding carboxylic acids is 2. The number of nitrogens with one attached hydrogen (secondary N) is 1. The smallest absolute Gasteiger partial charge is 0.410 e. The van der Waals surface area contributed by atoms with E-state index in [0.717, 1.165) is 16.7 Å². The van der Waals surface area contributed by atoms with Gasteiger partial charge in [0.15, 0.2) is 0 Å². The van der Waals surface area contributed by atoms with Gasteiger partial charge in [0.05, 0.1) is 5.92 Å². The first-order valence-corrected chi connectivity index (χ1v) is 9.85. The lowest BCUT2D eigenvalue weighted by Gasteiger charge is -2.21. The number of hydrogen-bond donors (Lipinski definition) is 2. The van der Waals surface area contributed by atoms with Crippen molar-refractivity contribution in [1.29, 1.82) is 0 Å². The van der Waals surface area contributed by atoms with Crippen molar-refractivity contribution in [3.63, 3.8) is 0 Å². The van der Waals surface area contributed by atoms with Crippen LogP contribution in [-0.4, -0.2) is 36.0 Å². The van der Waals surface area contributed by atoms with E-state index >= 15 is 0 Å². The topological polar surface area (TPSA) is 102 Å². The fraction of sp³-hybridized carbons (Fsp3) is 0.348. The molecule has 0 spiro atoms. The van der Waals surface area contributed by atoms with Crippen LogP contribution in [0.4, 0.5) is 9.18 Å². The van der Waals surface area contributed by atoms with Crippen molar-refractivity contribution in [1.82, 2.24) is 5.32 Å².